The predicted molar refractivity (Wildman–Crippen MR) is 119 cm³/mol. The maximum Gasteiger partial charge on any atom is 0.241 e. The number of sulfonamides is 1. The molecule has 1 amide bonds. The number of nitrogens with zero attached hydrogens (tertiary/aromatic N) is 1. The van der Waals surface area contributed by atoms with Crippen LogP contribution in [0.15, 0.2) is 36.4 Å². The molecule has 0 saturated heterocycles. The van der Waals surface area contributed by atoms with E-state index in [1.54, 1.807) is 25.1 Å². The van der Waals surface area contributed by atoms with Crippen molar-refractivity contribution >= 4 is 21.6 Å². The molecule has 4 rings (SSSR count). The van der Waals surface area contributed by atoms with E-state index in [0.717, 1.165) is 22.7 Å². The molecule has 166 valence electrons. The second-order valence-corrected chi connectivity index (χ2v) is 10.2. The van der Waals surface area contributed by atoms with Gasteiger partial charge in [0.15, 0.2) is 11.5 Å². The van der Waals surface area contributed by atoms with Crippen molar-refractivity contribution < 1.29 is 22.7 Å². The number of fused-ring (bicyclic) bond motifs is 2. The standard InChI is InChI=1S/C23H28N2O5S/c1-3-31(27,28)25(20-10-11-21-22(13-20)30-15-29-21)14-23(26)24-16(2)18-9-8-17-6-4-5-7-19(17)12-18/h8-13,16H,3-7,14-15H2,1-2H3,(H,24,26). The van der Waals surface area contributed by atoms with Crippen LogP contribution < -0.4 is 19.1 Å². The van der Waals surface area contributed by atoms with Gasteiger partial charge in [-0.2, -0.15) is 0 Å². The lowest BCUT2D eigenvalue weighted by Gasteiger charge is -2.25. The van der Waals surface area contributed by atoms with Crippen LogP contribution in [0.1, 0.15) is 49.4 Å². The fraction of sp³-hybridized carbons (Fsp3) is 0.435. The third-order valence-electron chi connectivity index (χ3n) is 5.88. The number of rotatable bonds is 7. The highest BCUT2D eigenvalue weighted by Gasteiger charge is 2.26. The number of carbonyl (C=O) groups excluding carboxylic acids is 1. The SMILES string of the molecule is CCS(=O)(=O)N(CC(=O)NC(C)c1ccc2c(c1)CCCC2)c1ccc2c(c1)OCO2. The summed E-state index contributed by atoms with van der Waals surface area (Å²) in [5.74, 6) is 0.550. The third kappa shape index (κ3) is 4.63. The molecule has 0 aromatic heterocycles. The van der Waals surface area contributed by atoms with E-state index in [1.807, 2.05) is 13.0 Å². The summed E-state index contributed by atoms with van der Waals surface area (Å²) in [7, 11) is -3.66. The molecule has 1 unspecified atom stereocenters. The Balaban J connectivity index is 1.50. The van der Waals surface area contributed by atoms with Crippen molar-refractivity contribution in [1.82, 2.24) is 5.32 Å². The van der Waals surface area contributed by atoms with Gasteiger partial charge in [-0.1, -0.05) is 18.2 Å². The molecular weight excluding hydrogens is 416 g/mol. The lowest BCUT2D eigenvalue weighted by Crippen LogP contribution is -2.42. The van der Waals surface area contributed by atoms with E-state index in [-0.39, 0.29) is 31.0 Å². The molecule has 7 nitrogen and oxygen atoms in total. The van der Waals surface area contributed by atoms with Gasteiger partial charge < -0.3 is 14.8 Å². The molecule has 1 N–H and O–H groups in total. The van der Waals surface area contributed by atoms with Crippen LogP contribution in [0.25, 0.3) is 0 Å². The van der Waals surface area contributed by atoms with Crippen molar-refractivity contribution in [3.8, 4) is 11.5 Å². The summed E-state index contributed by atoms with van der Waals surface area (Å²) >= 11 is 0. The number of hydrogen-bond acceptors (Lipinski definition) is 5. The number of amides is 1. The summed E-state index contributed by atoms with van der Waals surface area (Å²) in [6.07, 6.45) is 4.59. The lowest BCUT2D eigenvalue weighted by molar-refractivity contribution is -0.120. The molecular formula is C23H28N2O5S. The maximum absolute atomic E-state index is 12.8. The summed E-state index contributed by atoms with van der Waals surface area (Å²) in [4.78, 5) is 12.8. The van der Waals surface area contributed by atoms with Gasteiger partial charge >= 0.3 is 0 Å². The number of aryl methyl sites for hydroxylation is 2. The fourth-order valence-electron chi connectivity index (χ4n) is 4.07. The first-order chi connectivity index (χ1) is 14.9. The Morgan fingerprint density at radius 2 is 1.81 bits per heavy atom. The molecule has 2 aromatic carbocycles. The van der Waals surface area contributed by atoms with Gasteiger partial charge in [-0.05, 0) is 68.4 Å². The zero-order valence-electron chi connectivity index (χ0n) is 17.9. The van der Waals surface area contributed by atoms with Gasteiger partial charge in [0.25, 0.3) is 0 Å². The average Bonchev–Trinajstić information content (AvgIpc) is 3.25. The van der Waals surface area contributed by atoms with Crippen molar-refractivity contribution in [2.45, 2.75) is 45.6 Å². The van der Waals surface area contributed by atoms with E-state index in [4.69, 9.17) is 9.47 Å². The molecule has 0 radical (unpaired) electrons. The maximum atomic E-state index is 12.8. The highest BCUT2D eigenvalue weighted by Crippen LogP contribution is 2.36. The van der Waals surface area contributed by atoms with Gasteiger partial charge in [0.1, 0.15) is 6.54 Å². The minimum absolute atomic E-state index is 0.0953. The van der Waals surface area contributed by atoms with Crippen LogP contribution in [0.5, 0.6) is 11.5 Å². The van der Waals surface area contributed by atoms with Crippen LogP contribution in [0, 0.1) is 0 Å². The summed E-state index contributed by atoms with van der Waals surface area (Å²) in [5.41, 5.74) is 4.14. The Morgan fingerprint density at radius 1 is 1.06 bits per heavy atom. The molecule has 1 atom stereocenters. The Kier molecular flexibility index (Phi) is 6.09. The zero-order valence-corrected chi connectivity index (χ0v) is 18.7. The van der Waals surface area contributed by atoms with Gasteiger partial charge in [-0.25, -0.2) is 8.42 Å². The Morgan fingerprint density at radius 3 is 2.58 bits per heavy atom. The topological polar surface area (TPSA) is 84.9 Å². The minimum atomic E-state index is -3.66. The molecule has 1 heterocycles. The predicted octanol–water partition coefficient (Wildman–Crippen LogP) is 3.33. The van der Waals surface area contributed by atoms with E-state index >= 15 is 0 Å². The van der Waals surface area contributed by atoms with E-state index in [9.17, 15) is 13.2 Å². The number of hydrogen-bond donors (Lipinski definition) is 1. The minimum Gasteiger partial charge on any atom is -0.454 e. The van der Waals surface area contributed by atoms with Gasteiger partial charge in [0.2, 0.25) is 22.7 Å². The molecule has 8 heteroatoms. The summed E-state index contributed by atoms with van der Waals surface area (Å²) in [6, 6.07) is 11.0. The molecule has 1 aliphatic carbocycles. The smallest absolute Gasteiger partial charge is 0.241 e. The van der Waals surface area contributed by atoms with Gasteiger partial charge in [-0.3, -0.25) is 9.10 Å². The molecule has 0 saturated carbocycles. The van der Waals surface area contributed by atoms with Gasteiger partial charge in [0.05, 0.1) is 17.5 Å². The van der Waals surface area contributed by atoms with Crippen LogP contribution in [-0.4, -0.2) is 33.4 Å². The van der Waals surface area contributed by atoms with Crippen LogP contribution in [0.4, 0.5) is 5.69 Å². The Labute approximate surface area is 183 Å². The quantitative estimate of drug-likeness (QED) is 0.708. The van der Waals surface area contributed by atoms with Gasteiger partial charge in [0, 0.05) is 6.07 Å². The first kappa shape index (κ1) is 21.5. The van der Waals surface area contributed by atoms with Crippen molar-refractivity contribution in [1.29, 1.82) is 0 Å². The van der Waals surface area contributed by atoms with Crippen molar-refractivity contribution in [2.75, 3.05) is 23.4 Å². The number of anilines is 1. The monoisotopic (exact) mass is 444 g/mol. The number of nitrogens with one attached hydrogen (secondary N) is 1. The number of carbonyl (C=O) groups is 1. The van der Waals surface area contributed by atoms with Crippen LogP contribution in [-0.2, 0) is 27.7 Å². The normalized spacial score (nSPS) is 15.8. The van der Waals surface area contributed by atoms with Crippen molar-refractivity contribution in [3.05, 3.63) is 53.1 Å². The molecule has 31 heavy (non-hydrogen) atoms. The Bertz CT molecular complexity index is 1080. The van der Waals surface area contributed by atoms with Crippen LogP contribution >= 0.6 is 0 Å². The number of benzene rings is 2. The highest BCUT2D eigenvalue weighted by atomic mass is 32.2. The highest BCUT2D eigenvalue weighted by molar-refractivity contribution is 7.92. The van der Waals surface area contributed by atoms with E-state index in [0.29, 0.717) is 17.2 Å². The van der Waals surface area contributed by atoms with E-state index < -0.39 is 10.0 Å². The Hall–Kier alpha value is -2.74. The molecule has 0 bridgehead atoms. The first-order valence-corrected chi connectivity index (χ1v) is 12.3. The second-order valence-electron chi connectivity index (χ2n) is 7.97. The summed E-state index contributed by atoms with van der Waals surface area (Å²) in [6.45, 7) is 3.27. The van der Waals surface area contributed by atoms with Crippen LogP contribution in [0.3, 0.4) is 0 Å². The average molecular weight is 445 g/mol. The molecule has 2 aliphatic rings. The van der Waals surface area contributed by atoms with E-state index in [2.05, 4.69) is 17.4 Å². The first-order valence-electron chi connectivity index (χ1n) is 10.7. The van der Waals surface area contributed by atoms with E-state index in [1.165, 1.54) is 24.0 Å². The van der Waals surface area contributed by atoms with Crippen molar-refractivity contribution in [3.63, 3.8) is 0 Å². The van der Waals surface area contributed by atoms with Crippen LogP contribution in [0.2, 0.25) is 0 Å². The van der Waals surface area contributed by atoms with Crippen molar-refractivity contribution in [2.24, 2.45) is 0 Å². The molecule has 0 spiro atoms. The molecule has 2 aromatic rings. The molecule has 1 aliphatic heterocycles. The molecule has 0 fully saturated rings. The zero-order chi connectivity index (χ0) is 22.0. The second kappa shape index (κ2) is 8.78. The number of ether oxygens (including phenoxy) is 2. The summed E-state index contributed by atoms with van der Waals surface area (Å²) < 4.78 is 37.2. The van der Waals surface area contributed by atoms with Gasteiger partial charge in [-0.15, -0.1) is 0 Å². The lowest BCUT2D eigenvalue weighted by atomic mass is 9.89. The third-order valence-corrected chi connectivity index (χ3v) is 7.62. The fourth-order valence-corrected chi connectivity index (χ4v) is 5.13. The summed E-state index contributed by atoms with van der Waals surface area (Å²) in [5, 5.41) is 2.95. The largest absolute Gasteiger partial charge is 0.454 e.